The van der Waals surface area contributed by atoms with Crippen molar-refractivity contribution in [3.8, 4) is 5.75 Å². The van der Waals surface area contributed by atoms with Crippen molar-refractivity contribution in [3.05, 3.63) is 101 Å². The molecule has 1 fully saturated rings. The van der Waals surface area contributed by atoms with E-state index in [1.807, 2.05) is 60.7 Å². The third-order valence-corrected chi connectivity index (χ3v) is 7.51. The second-order valence-electron chi connectivity index (χ2n) is 12.2. The van der Waals surface area contributed by atoms with Crippen molar-refractivity contribution in [2.75, 3.05) is 6.54 Å². The lowest BCUT2D eigenvalue weighted by molar-refractivity contribution is -0.00675. The smallest absolute Gasteiger partial charge is 0.130 e. The molecule has 35 heavy (non-hydrogen) atoms. The van der Waals surface area contributed by atoms with Gasteiger partial charge in [0.15, 0.2) is 0 Å². The van der Waals surface area contributed by atoms with Crippen LogP contribution in [0.3, 0.4) is 0 Å². The first-order valence-corrected chi connectivity index (χ1v) is 12.9. The summed E-state index contributed by atoms with van der Waals surface area (Å²) < 4.78 is 0. The van der Waals surface area contributed by atoms with Gasteiger partial charge in [-0.15, -0.1) is 0 Å². The number of nitrogens with zero attached hydrogens (tertiary/aromatic N) is 1. The first-order chi connectivity index (χ1) is 16.4. The van der Waals surface area contributed by atoms with E-state index in [1.165, 1.54) is 5.56 Å². The fourth-order valence-corrected chi connectivity index (χ4v) is 5.46. The third-order valence-electron chi connectivity index (χ3n) is 7.51. The Bertz CT molecular complexity index is 1100. The van der Waals surface area contributed by atoms with Gasteiger partial charge in [-0.3, -0.25) is 4.90 Å². The average molecular weight is 472 g/mol. The molecule has 0 saturated carbocycles. The molecule has 3 nitrogen and oxygen atoms in total. The number of phenolic OH excluding ortho intramolecular Hbond substituents is 1. The second kappa shape index (κ2) is 9.44. The van der Waals surface area contributed by atoms with Crippen LogP contribution in [-0.2, 0) is 23.0 Å². The van der Waals surface area contributed by atoms with Crippen LogP contribution in [-0.4, -0.2) is 27.7 Å². The molecule has 3 aromatic carbocycles. The van der Waals surface area contributed by atoms with E-state index in [0.717, 1.165) is 41.6 Å². The van der Waals surface area contributed by atoms with Crippen molar-refractivity contribution in [2.45, 2.75) is 83.4 Å². The van der Waals surface area contributed by atoms with Gasteiger partial charge in [0.2, 0.25) is 0 Å². The molecule has 1 unspecified atom stereocenters. The number of aliphatic hydroxyl groups is 1. The molecule has 2 N–H and O–H groups in total. The topological polar surface area (TPSA) is 43.7 Å². The SMILES string of the molecule is CC(C)(C)c1cc(CN2CCCC2C(O)(c2ccccc2)c2ccccc2)c(O)c(C(C)(C)C)c1. The van der Waals surface area contributed by atoms with E-state index in [-0.39, 0.29) is 16.9 Å². The van der Waals surface area contributed by atoms with Crippen LogP contribution in [0, 0.1) is 0 Å². The number of hydrogen-bond donors (Lipinski definition) is 2. The minimum Gasteiger partial charge on any atom is -0.507 e. The summed E-state index contributed by atoms with van der Waals surface area (Å²) in [5.41, 5.74) is 3.64. The summed E-state index contributed by atoms with van der Waals surface area (Å²) >= 11 is 0. The maximum Gasteiger partial charge on any atom is 0.130 e. The van der Waals surface area contributed by atoms with Gasteiger partial charge in [0.1, 0.15) is 11.4 Å². The van der Waals surface area contributed by atoms with Crippen molar-refractivity contribution in [2.24, 2.45) is 0 Å². The van der Waals surface area contributed by atoms with Gasteiger partial charge in [-0.2, -0.15) is 0 Å². The van der Waals surface area contributed by atoms with Gasteiger partial charge in [-0.1, -0.05) is 114 Å². The van der Waals surface area contributed by atoms with Gasteiger partial charge in [0, 0.05) is 18.2 Å². The monoisotopic (exact) mass is 471 g/mol. The van der Waals surface area contributed by atoms with E-state index >= 15 is 0 Å². The van der Waals surface area contributed by atoms with Crippen LogP contribution >= 0.6 is 0 Å². The minimum atomic E-state index is -1.14. The van der Waals surface area contributed by atoms with Crippen molar-refractivity contribution in [1.29, 1.82) is 0 Å². The summed E-state index contributed by atoms with van der Waals surface area (Å²) in [6.45, 7) is 14.6. The predicted molar refractivity (Wildman–Crippen MR) is 145 cm³/mol. The van der Waals surface area contributed by atoms with Crippen LogP contribution in [0.4, 0.5) is 0 Å². The molecular formula is C32H41NO2. The first-order valence-electron chi connectivity index (χ1n) is 12.9. The molecule has 1 saturated heterocycles. The number of phenols is 1. The van der Waals surface area contributed by atoms with Crippen molar-refractivity contribution >= 4 is 0 Å². The zero-order valence-electron chi connectivity index (χ0n) is 22.2. The van der Waals surface area contributed by atoms with Crippen LogP contribution < -0.4 is 0 Å². The molecule has 0 bridgehead atoms. The van der Waals surface area contributed by atoms with Gasteiger partial charge in [0.05, 0.1) is 0 Å². The van der Waals surface area contributed by atoms with E-state index < -0.39 is 5.60 Å². The Morgan fingerprint density at radius 1 is 0.771 bits per heavy atom. The summed E-state index contributed by atoms with van der Waals surface area (Å²) in [5, 5.41) is 23.8. The highest BCUT2D eigenvalue weighted by Crippen LogP contribution is 2.43. The highest BCUT2D eigenvalue weighted by atomic mass is 16.3. The Hall–Kier alpha value is -2.62. The van der Waals surface area contributed by atoms with E-state index in [2.05, 4.69) is 58.6 Å². The average Bonchev–Trinajstić information content (AvgIpc) is 3.28. The van der Waals surface area contributed by atoms with Gasteiger partial charge in [-0.25, -0.2) is 0 Å². The van der Waals surface area contributed by atoms with Crippen LogP contribution in [0.5, 0.6) is 5.75 Å². The summed E-state index contributed by atoms with van der Waals surface area (Å²) in [6, 6.07) is 24.3. The van der Waals surface area contributed by atoms with Crippen LogP contribution in [0.25, 0.3) is 0 Å². The van der Waals surface area contributed by atoms with Crippen molar-refractivity contribution in [3.63, 3.8) is 0 Å². The lowest BCUT2D eigenvalue weighted by Gasteiger charge is -2.40. The Kier molecular flexibility index (Phi) is 6.87. The van der Waals surface area contributed by atoms with Gasteiger partial charge >= 0.3 is 0 Å². The Labute approximate surface area is 211 Å². The quantitative estimate of drug-likeness (QED) is 0.426. The molecule has 1 aliphatic rings. The molecule has 1 atom stereocenters. The summed E-state index contributed by atoms with van der Waals surface area (Å²) in [5.74, 6) is 0.388. The van der Waals surface area contributed by atoms with E-state index in [4.69, 9.17) is 0 Å². The second-order valence-corrected chi connectivity index (χ2v) is 12.2. The fraction of sp³-hybridized carbons (Fsp3) is 0.438. The maximum atomic E-state index is 12.4. The Morgan fingerprint density at radius 2 is 1.31 bits per heavy atom. The van der Waals surface area contributed by atoms with Crippen LogP contribution in [0.15, 0.2) is 72.8 Å². The number of hydrogen-bond acceptors (Lipinski definition) is 3. The third kappa shape index (κ3) is 5.03. The summed E-state index contributed by atoms with van der Waals surface area (Å²) in [7, 11) is 0. The largest absolute Gasteiger partial charge is 0.507 e. The van der Waals surface area contributed by atoms with E-state index in [1.54, 1.807) is 0 Å². The highest BCUT2D eigenvalue weighted by Gasteiger charge is 2.45. The molecule has 0 aliphatic carbocycles. The highest BCUT2D eigenvalue weighted by molar-refractivity contribution is 5.49. The minimum absolute atomic E-state index is 0.0261. The molecule has 0 spiro atoms. The molecule has 3 heteroatoms. The lowest BCUT2D eigenvalue weighted by Crippen LogP contribution is -2.48. The van der Waals surface area contributed by atoms with Crippen molar-refractivity contribution in [1.82, 2.24) is 4.90 Å². The standard InChI is InChI=1S/C32H41NO2/c1-30(2,3)26-20-23(29(34)27(21-26)31(4,5)6)22-33-19-13-18-28(33)32(35,24-14-9-7-10-15-24)25-16-11-8-12-17-25/h7-12,14-17,20-21,28,34-35H,13,18-19,22H2,1-6H3. The van der Waals surface area contributed by atoms with Gasteiger partial charge in [0.25, 0.3) is 0 Å². The number of rotatable bonds is 5. The normalized spacial score (nSPS) is 17.6. The first kappa shape index (κ1) is 25.5. The van der Waals surface area contributed by atoms with Gasteiger partial charge < -0.3 is 10.2 Å². The molecule has 4 rings (SSSR count). The van der Waals surface area contributed by atoms with E-state index in [0.29, 0.717) is 12.3 Å². The predicted octanol–water partition coefficient (Wildman–Crippen LogP) is 6.89. The number of benzene rings is 3. The molecule has 0 amide bonds. The molecule has 0 aromatic heterocycles. The van der Waals surface area contributed by atoms with E-state index in [9.17, 15) is 10.2 Å². The molecule has 1 aliphatic heterocycles. The van der Waals surface area contributed by atoms with Crippen LogP contribution in [0.1, 0.15) is 82.2 Å². The fourth-order valence-electron chi connectivity index (χ4n) is 5.46. The van der Waals surface area contributed by atoms with Crippen molar-refractivity contribution < 1.29 is 10.2 Å². The zero-order valence-corrected chi connectivity index (χ0v) is 22.2. The van der Waals surface area contributed by atoms with Gasteiger partial charge in [-0.05, 0) is 52.5 Å². The molecule has 0 radical (unpaired) electrons. The molecule has 3 aromatic rings. The Morgan fingerprint density at radius 3 is 1.80 bits per heavy atom. The molecular weight excluding hydrogens is 430 g/mol. The van der Waals surface area contributed by atoms with Crippen LogP contribution in [0.2, 0.25) is 0 Å². The number of aromatic hydroxyl groups is 1. The number of likely N-dealkylation sites (tertiary alicyclic amines) is 1. The Balaban J connectivity index is 1.79. The zero-order chi connectivity index (χ0) is 25.4. The lowest BCUT2D eigenvalue weighted by atomic mass is 9.78. The molecule has 186 valence electrons. The maximum absolute atomic E-state index is 12.4. The summed E-state index contributed by atoms with van der Waals surface area (Å²) in [4.78, 5) is 2.37. The summed E-state index contributed by atoms with van der Waals surface area (Å²) in [6.07, 6.45) is 1.91. The molecule has 1 heterocycles.